The minimum absolute atomic E-state index is 1.24. The van der Waals surface area contributed by atoms with Crippen LogP contribution in [0.5, 0.6) is 0 Å². The van der Waals surface area contributed by atoms with Gasteiger partial charge in [-0.25, -0.2) is 0 Å². The summed E-state index contributed by atoms with van der Waals surface area (Å²) in [5, 5.41) is 0. The van der Waals surface area contributed by atoms with Crippen molar-refractivity contribution in [2.45, 2.75) is 387 Å². The molecule has 0 rings (SSSR count). The Balaban J connectivity index is 8.38. The fourth-order valence-corrected chi connectivity index (χ4v) is 37.8. The van der Waals surface area contributed by atoms with E-state index >= 15 is 0 Å². The summed E-state index contributed by atoms with van der Waals surface area (Å²) in [5.41, 5.74) is 0. The third kappa shape index (κ3) is 35.5. The van der Waals surface area contributed by atoms with Crippen LogP contribution in [0, 0.1) is 0 Å². The Morgan fingerprint density at radius 3 is 0.463 bits per heavy atom. The van der Waals surface area contributed by atoms with Gasteiger partial charge >= 0.3 is 17.1 Å². The van der Waals surface area contributed by atoms with Crippen molar-refractivity contribution in [2.24, 2.45) is 0 Å². The molecule has 0 spiro atoms. The molecule has 0 aliphatic rings. The van der Waals surface area contributed by atoms with Crippen molar-refractivity contribution < 1.29 is 12.3 Å². The van der Waals surface area contributed by atoms with E-state index in [1.54, 1.807) is 0 Å². The van der Waals surface area contributed by atoms with Crippen molar-refractivity contribution in [1.82, 2.24) is 0 Å². The van der Waals surface area contributed by atoms with E-state index in [-0.39, 0.29) is 0 Å². The zero-order valence-electron chi connectivity index (χ0n) is 48.6. The fourth-order valence-electron chi connectivity index (χ4n) is 11.4. The number of hydrogen-bond acceptors (Lipinski definition) is 3. The van der Waals surface area contributed by atoms with Gasteiger partial charge in [0.1, 0.15) is 0 Å². The topological polar surface area (TPSA) is 27.7 Å². The van der Waals surface area contributed by atoms with Crippen LogP contribution < -0.4 is 0 Å². The Kier molecular flexibility index (Phi) is 48.3. The van der Waals surface area contributed by atoms with Crippen LogP contribution in [0.1, 0.15) is 326 Å². The van der Waals surface area contributed by atoms with Crippen LogP contribution in [0.4, 0.5) is 0 Å². The second-order valence-electron chi connectivity index (χ2n) is 22.6. The van der Waals surface area contributed by atoms with Crippen molar-refractivity contribution in [2.75, 3.05) is 0 Å². The van der Waals surface area contributed by atoms with Crippen LogP contribution in [-0.4, -0.2) is 33.8 Å². The van der Waals surface area contributed by atoms with Gasteiger partial charge in [0, 0.05) is 0 Å². The van der Waals surface area contributed by atoms with E-state index in [0.717, 1.165) is 0 Å². The molecule has 0 aromatic rings. The third-order valence-electron chi connectivity index (χ3n) is 15.7. The van der Waals surface area contributed by atoms with E-state index in [4.69, 9.17) is 12.3 Å². The summed E-state index contributed by atoms with van der Waals surface area (Å²) in [6, 6.07) is 13.3. The molecular weight excluding hydrogens is 881 g/mol. The maximum Gasteiger partial charge on any atom is 0.319 e. The molecule has 0 saturated carbocycles. The summed E-state index contributed by atoms with van der Waals surface area (Å²) in [4.78, 5) is 0. The van der Waals surface area contributed by atoms with E-state index in [1.807, 2.05) is 0 Å². The Labute approximate surface area is 430 Å². The predicted molar refractivity (Wildman–Crippen MR) is 316 cm³/mol. The molecule has 0 heterocycles. The second-order valence-corrected chi connectivity index (χ2v) is 38.4. The molecule has 0 N–H and O–H groups in total. The van der Waals surface area contributed by atoms with Crippen molar-refractivity contribution in [3.05, 3.63) is 0 Å². The average Bonchev–Trinajstić information content (AvgIpc) is 3.33. The lowest BCUT2D eigenvalue weighted by molar-refractivity contribution is 0.285. The molecular formula is C60H130O3Si4. The van der Waals surface area contributed by atoms with E-state index in [2.05, 4.69) is 69.2 Å². The average molecular weight is 1010 g/mol. The lowest BCUT2D eigenvalue weighted by Crippen LogP contribution is -2.63. The van der Waals surface area contributed by atoms with Gasteiger partial charge in [-0.15, -0.1) is 0 Å². The summed E-state index contributed by atoms with van der Waals surface area (Å²) in [7, 11) is -9.72. The highest BCUT2D eigenvalue weighted by atomic mass is 28.5. The van der Waals surface area contributed by atoms with E-state index in [9.17, 15) is 0 Å². The smallest absolute Gasteiger partial charge is 0.319 e. The number of unbranched alkanes of at least 4 members (excludes halogenated alkanes) is 30. The second kappa shape index (κ2) is 47.7. The fraction of sp³-hybridized carbons (Fsp3) is 1.00. The maximum absolute atomic E-state index is 8.93. The highest BCUT2D eigenvalue weighted by Crippen LogP contribution is 2.44. The summed E-state index contributed by atoms with van der Waals surface area (Å²) >= 11 is 0. The molecule has 0 fully saturated rings. The monoisotopic (exact) mass is 1010 g/mol. The zero-order chi connectivity index (χ0) is 49.5. The molecule has 0 aliphatic heterocycles. The van der Waals surface area contributed by atoms with Gasteiger partial charge in [0.25, 0.3) is 0 Å². The largest absolute Gasteiger partial charge is 0.436 e. The lowest BCUT2D eigenvalue weighted by atomic mass is 10.2. The first-order chi connectivity index (χ1) is 32.7. The molecule has 404 valence electrons. The predicted octanol–water partition coefficient (Wildman–Crippen LogP) is 23.6. The Hall–Kier alpha value is 0.748. The van der Waals surface area contributed by atoms with Crippen molar-refractivity contribution in [3.8, 4) is 0 Å². The summed E-state index contributed by atoms with van der Waals surface area (Å²) in [6.45, 7) is 24.1. The standard InChI is InChI=1S/C60H130O3Si4/c1-11-21-31-41-51-64(52-42-32-22-12-2,53-43-33-23-13-3)61-66(57-47-37-27-17-7,58-48-38-28-18-8)63-67(59-49-39-29-19-9,60-50-40-30-20-10)62-65(54-44-34-24-14-4,55-45-35-25-15-5)56-46-36-26-16-6/h11-60H2,1-10H3. The van der Waals surface area contributed by atoms with Crippen LogP contribution in [0.15, 0.2) is 0 Å². The number of rotatable bonds is 56. The molecule has 0 radical (unpaired) electrons. The molecule has 67 heavy (non-hydrogen) atoms. The van der Waals surface area contributed by atoms with Crippen LogP contribution in [0.3, 0.4) is 0 Å². The Morgan fingerprint density at radius 2 is 0.313 bits per heavy atom. The Morgan fingerprint density at radius 1 is 0.164 bits per heavy atom. The zero-order valence-corrected chi connectivity index (χ0v) is 52.6. The first-order valence-electron chi connectivity index (χ1n) is 31.8. The van der Waals surface area contributed by atoms with Gasteiger partial charge in [-0.2, -0.15) is 0 Å². The highest BCUT2D eigenvalue weighted by Gasteiger charge is 2.54. The molecule has 0 aliphatic carbocycles. The van der Waals surface area contributed by atoms with Gasteiger partial charge in [0.15, 0.2) is 16.6 Å². The van der Waals surface area contributed by atoms with Gasteiger partial charge in [0.05, 0.1) is 0 Å². The summed E-state index contributed by atoms with van der Waals surface area (Å²) in [5.74, 6) is 0. The summed E-state index contributed by atoms with van der Waals surface area (Å²) < 4.78 is 26.6. The molecule has 0 aromatic carbocycles. The van der Waals surface area contributed by atoms with Gasteiger partial charge in [0.2, 0.25) is 0 Å². The van der Waals surface area contributed by atoms with Crippen LogP contribution >= 0.6 is 0 Å². The van der Waals surface area contributed by atoms with E-state index < -0.39 is 33.8 Å². The van der Waals surface area contributed by atoms with Crippen molar-refractivity contribution in [3.63, 3.8) is 0 Å². The van der Waals surface area contributed by atoms with Crippen LogP contribution in [0.2, 0.25) is 60.4 Å². The number of hydrogen-bond donors (Lipinski definition) is 0. The van der Waals surface area contributed by atoms with Gasteiger partial charge in [-0.1, -0.05) is 326 Å². The van der Waals surface area contributed by atoms with Crippen LogP contribution in [-0.2, 0) is 12.3 Å². The molecule has 0 saturated heterocycles. The van der Waals surface area contributed by atoms with Crippen LogP contribution in [0.25, 0.3) is 0 Å². The molecule has 7 heteroatoms. The molecule has 0 unspecified atom stereocenters. The minimum atomic E-state index is -2.72. The quantitative estimate of drug-likeness (QED) is 0.0449. The van der Waals surface area contributed by atoms with Crippen molar-refractivity contribution in [1.29, 1.82) is 0 Å². The molecule has 0 amide bonds. The Bertz CT molecular complexity index is 834. The van der Waals surface area contributed by atoms with Gasteiger partial charge < -0.3 is 12.3 Å². The van der Waals surface area contributed by atoms with Crippen molar-refractivity contribution >= 4 is 33.8 Å². The lowest BCUT2D eigenvalue weighted by Gasteiger charge is -2.50. The summed E-state index contributed by atoms with van der Waals surface area (Å²) in [6.07, 6.45) is 54.1. The first-order valence-corrected chi connectivity index (χ1v) is 41.4. The first kappa shape index (κ1) is 67.7. The van der Waals surface area contributed by atoms with E-state index in [0.29, 0.717) is 0 Å². The van der Waals surface area contributed by atoms with Gasteiger partial charge in [-0.3, -0.25) is 0 Å². The SMILES string of the molecule is CCCCCC[Si](CCCCCC)(CCCCCC)O[Si](CCCCCC)(CCCCCC)O[Si](CCCCCC)(CCCCCC)O[Si](CCCCCC)(CCCCCC)CCCCCC. The minimum Gasteiger partial charge on any atom is -0.436 e. The molecule has 3 nitrogen and oxygen atoms in total. The molecule has 0 aromatic heterocycles. The molecule has 0 atom stereocenters. The van der Waals surface area contributed by atoms with E-state index in [1.165, 1.54) is 317 Å². The molecule has 0 bridgehead atoms. The van der Waals surface area contributed by atoms with Gasteiger partial charge in [-0.05, 0) is 60.4 Å². The third-order valence-corrected chi connectivity index (χ3v) is 37.2. The highest BCUT2D eigenvalue weighted by molar-refractivity contribution is 6.92. The maximum atomic E-state index is 8.93. The normalized spacial score (nSPS) is 12.8.